The summed E-state index contributed by atoms with van der Waals surface area (Å²) in [5, 5.41) is 41.7. The molecule has 5 aliphatic heterocycles. The molecule has 5 fully saturated rings. The third kappa shape index (κ3) is 6.59. The molecule has 4 saturated heterocycles. The molecule has 10 atom stereocenters. The van der Waals surface area contributed by atoms with E-state index in [9.17, 15) is 23.4 Å². The standard InChI is InChI=1S/C33H50F3N7O4/c1-17(2)42(20-12-19(13-20)4-7-26-39-23-6-5-21(14-24(23)40-26)47-33(34,35)36)15-25-29(44)30(45)32(46-25)43-16-38-28-27(37)22-9-11-41(31(28)43)10-8-18(22)3/h5-6,14,17-20,22,25-26,28-32,37-40,44-45H,4,7-13,15-16H2,1-3H3. The van der Waals surface area contributed by atoms with Gasteiger partial charge in [-0.2, -0.15) is 0 Å². The minimum absolute atomic E-state index is 0.0528. The van der Waals surface area contributed by atoms with E-state index in [1.165, 1.54) is 12.1 Å². The van der Waals surface area contributed by atoms with Gasteiger partial charge >= 0.3 is 6.36 Å². The zero-order valence-corrected chi connectivity index (χ0v) is 27.4. The number of benzene rings is 1. The number of rotatable bonds is 9. The normalized spacial score (nSPS) is 40.1. The van der Waals surface area contributed by atoms with E-state index in [0.717, 1.165) is 63.0 Å². The molecule has 1 aromatic carbocycles. The lowest BCUT2D eigenvalue weighted by molar-refractivity contribution is -0.274. The van der Waals surface area contributed by atoms with Crippen molar-refractivity contribution in [2.24, 2.45) is 17.8 Å². The summed E-state index contributed by atoms with van der Waals surface area (Å²) < 4.78 is 48.4. The molecule has 7 rings (SSSR count). The number of hydrogen-bond acceptors (Lipinski definition) is 11. The highest BCUT2D eigenvalue weighted by molar-refractivity contribution is 5.90. The highest BCUT2D eigenvalue weighted by Gasteiger charge is 2.55. The van der Waals surface area contributed by atoms with Crippen molar-refractivity contribution in [3.63, 3.8) is 0 Å². The van der Waals surface area contributed by atoms with Crippen LogP contribution in [0.2, 0.25) is 0 Å². The van der Waals surface area contributed by atoms with Gasteiger partial charge in [-0.05, 0) is 82.9 Å². The second-order valence-corrected chi connectivity index (χ2v) is 14.9. The maximum atomic E-state index is 12.6. The third-order valence-corrected chi connectivity index (χ3v) is 11.7. The van der Waals surface area contributed by atoms with Crippen LogP contribution in [0.15, 0.2) is 18.2 Å². The van der Waals surface area contributed by atoms with Crippen LogP contribution in [0.4, 0.5) is 24.5 Å². The number of halogens is 3. The Morgan fingerprint density at radius 1 is 1.09 bits per heavy atom. The smallest absolute Gasteiger partial charge is 0.406 e. The molecular formula is C33H50F3N7O4. The van der Waals surface area contributed by atoms with Gasteiger partial charge in [-0.1, -0.05) is 6.92 Å². The topological polar surface area (TPSA) is 129 Å². The van der Waals surface area contributed by atoms with Crippen LogP contribution in [0.1, 0.15) is 59.3 Å². The molecule has 0 aromatic heterocycles. The number of fused-ring (bicyclic) bond motifs is 6. The lowest BCUT2D eigenvalue weighted by Crippen LogP contribution is -2.57. The molecule has 47 heavy (non-hydrogen) atoms. The molecule has 1 saturated carbocycles. The predicted octanol–water partition coefficient (Wildman–Crippen LogP) is 3.40. The number of ether oxygens (including phenoxy) is 2. The van der Waals surface area contributed by atoms with Crippen molar-refractivity contribution in [2.45, 2.75) is 121 Å². The first-order valence-electron chi connectivity index (χ1n) is 17.4. The number of hydrogen-bond donors (Lipinski definition) is 6. The van der Waals surface area contributed by atoms with Crippen molar-refractivity contribution in [1.29, 1.82) is 5.41 Å². The molecule has 1 aliphatic carbocycles. The summed E-state index contributed by atoms with van der Waals surface area (Å²) in [7, 11) is 0. The van der Waals surface area contributed by atoms with Gasteiger partial charge in [0.05, 0.1) is 36.4 Å². The van der Waals surface area contributed by atoms with Gasteiger partial charge in [0.1, 0.15) is 30.3 Å². The quantitative estimate of drug-likeness (QED) is 0.234. The van der Waals surface area contributed by atoms with Crippen molar-refractivity contribution >= 4 is 17.1 Å². The zero-order chi connectivity index (χ0) is 33.2. The first kappa shape index (κ1) is 33.3. The van der Waals surface area contributed by atoms with Crippen molar-refractivity contribution in [1.82, 2.24) is 20.0 Å². The molecule has 1 aromatic rings. The van der Waals surface area contributed by atoms with Gasteiger partial charge in [0.15, 0.2) is 0 Å². The molecule has 0 amide bonds. The summed E-state index contributed by atoms with van der Waals surface area (Å²) in [6, 6.07) is 4.79. The molecular weight excluding hydrogens is 615 g/mol. The Balaban J connectivity index is 0.914. The largest absolute Gasteiger partial charge is 0.573 e. The fraction of sp³-hybridized carbons (Fsp3) is 0.788. The highest BCUT2D eigenvalue weighted by atomic mass is 19.4. The molecule has 262 valence electrons. The molecule has 2 bridgehead atoms. The van der Waals surface area contributed by atoms with Crippen LogP contribution in [0.25, 0.3) is 0 Å². The van der Waals surface area contributed by atoms with Crippen LogP contribution >= 0.6 is 0 Å². The second-order valence-electron chi connectivity index (χ2n) is 14.9. The number of anilines is 2. The number of nitrogens with one attached hydrogen (secondary N) is 4. The summed E-state index contributed by atoms with van der Waals surface area (Å²) in [6.45, 7) is 9.49. The Kier molecular flexibility index (Phi) is 9.16. The van der Waals surface area contributed by atoms with Gasteiger partial charge in [-0.3, -0.25) is 15.1 Å². The van der Waals surface area contributed by atoms with E-state index in [0.29, 0.717) is 36.8 Å². The molecule has 0 spiro atoms. The van der Waals surface area contributed by atoms with Crippen LogP contribution in [-0.2, 0) is 4.74 Å². The van der Waals surface area contributed by atoms with Crippen molar-refractivity contribution in [3.05, 3.63) is 18.2 Å². The average Bonchev–Trinajstić information content (AvgIpc) is 3.60. The highest BCUT2D eigenvalue weighted by Crippen LogP contribution is 2.41. The first-order valence-corrected chi connectivity index (χ1v) is 17.4. The SMILES string of the molecule is CC1CCN2CCC1C(=N)C1NCN(C3OC(CN(C(C)C)C4CC(CCC5Nc6ccc(OC(F)(F)F)cc6N5)C4)C(O)C3O)C12. The summed E-state index contributed by atoms with van der Waals surface area (Å²) >= 11 is 0. The molecule has 11 nitrogen and oxygen atoms in total. The second kappa shape index (κ2) is 12.9. The van der Waals surface area contributed by atoms with Crippen molar-refractivity contribution < 1.29 is 32.9 Å². The lowest BCUT2D eigenvalue weighted by Gasteiger charge is -2.46. The van der Waals surface area contributed by atoms with E-state index >= 15 is 0 Å². The van der Waals surface area contributed by atoms with Crippen LogP contribution in [0.3, 0.4) is 0 Å². The Labute approximate surface area is 274 Å². The molecule has 6 N–H and O–H groups in total. The maximum Gasteiger partial charge on any atom is 0.573 e. The molecule has 0 radical (unpaired) electrons. The number of aliphatic hydroxyl groups is 2. The van der Waals surface area contributed by atoms with E-state index in [1.807, 2.05) is 0 Å². The maximum absolute atomic E-state index is 12.6. The molecule has 14 heteroatoms. The van der Waals surface area contributed by atoms with Gasteiger partial charge in [0, 0.05) is 42.9 Å². The van der Waals surface area contributed by atoms with E-state index in [1.54, 1.807) is 6.07 Å². The predicted molar refractivity (Wildman–Crippen MR) is 171 cm³/mol. The molecule has 10 unspecified atom stereocenters. The fourth-order valence-corrected chi connectivity index (χ4v) is 9.03. The van der Waals surface area contributed by atoms with Crippen LogP contribution in [-0.4, -0.2) is 118 Å². The Morgan fingerprint density at radius 3 is 2.57 bits per heavy atom. The lowest BCUT2D eigenvalue weighted by atomic mass is 9.76. The van der Waals surface area contributed by atoms with E-state index in [2.05, 4.69) is 56.2 Å². The van der Waals surface area contributed by atoms with Crippen LogP contribution < -0.4 is 20.7 Å². The summed E-state index contributed by atoms with van der Waals surface area (Å²) in [5.74, 6) is 1.06. The van der Waals surface area contributed by atoms with Crippen LogP contribution in [0, 0.1) is 23.2 Å². The summed E-state index contributed by atoms with van der Waals surface area (Å²) in [6.07, 6.45) is -2.15. The van der Waals surface area contributed by atoms with E-state index in [4.69, 9.17) is 10.1 Å². The monoisotopic (exact) mass is 665 g/mol. The van der Waals surface area contributed by atoms with Gasteiger partial charge in [0.2, 0.25) is 0 Å². The number of alkyl halides is 3. The van der Waals surface area contributed by atoms with Gasteiger partial charge in [-0.15, -0.1) is 13.2 Å². The van der Waals surface area contributed by atoms with Gasteiger partial charge < -0.3 is 35.7 Å². The van der Waals surface area contributed by atoms with Crippen LogP contribution in [0.5, 0.6) is 5.75 Å². The number of aliphatic hydroxyl groups excluding tert-OH is 2. The number of nitrogens with zero attached hydrogens (tertiary/aromatic N) is 3. The third-order valence-electron chi connectivity index (χ3n) is 11.7. The zero-order valence-electron chi connectivity index (χ0n) is 27.4. The fourth-order valence-electron chi connectivity index (χ4n) is 9.03. The first-order chi connectivity index (χ1) is 22.4. The van der Waals surface area contributed by atoms with E-state index in [-0.39, 0.29) is 36.1 Å². The Hall–Kier alpha value is -2.20. The van der Waals surface area contributed by atoms with Gasteiger partial charge in [-0.25, -0.2) is 4.90 Å². The minimum atomic E-state index is -4.72. The van der Waals surface area contributed by atoms with Crippen molar-refractivity contribution in [2.75, 3.05) is 36.9 Å². The summed E-state index contributed by atoms with van der Waals surface area (Å²) in [4.78, 5) is 6.98. The molecule has 6 aliphatic rings. The minimum Gasteiger partial charge on any atom is -0.406 e. The van der Waals surface area contributed by atoms with E-state index < -0.39 is 30.9 Å². The Bertz CT molecular complexity index is 1300. The molecule has 5 heterocycles. The average molecular weight is 666 g/mol. The van der Waals surface area contributed by atoms with Gasteiger partial charge in [0.25, 0.3) is 0 Å². The van der Waals surface area contributed by atoms with Crippen molar-refractivity contribution in [3.8, 4) is 5.75 Å². The Morgan fingerprint density at radius 2 is 1.83 bits per heavy atom. The summed E-state index contributed by atoms with van der Waals surface area (Å²) in [5.41, 5.74) is 2.14.